The van der Waals surface area contributed by atoms with Crippen LogP contribution < -0.4 is 11.1 Å². The van der Waals surface area contributed by atoms with Gasteiger partial charge < -0.3 is 9.67 Å². The van der Waals surface area contributed by atoms with Gasteiger partial charge in [0.1, 0.15) is 11.3 Å². The Kier molecular flexibility index (Phi) is 3.92. The van der Waals surface area contributed by atoms with E-state index in [-0.39, 0.29) is 22.6 Å². The number of fused-ring (bicyclic) bond motifs is 1. The molecular weight excluding hydrogens is 346 g/mol. The van der Waals surface area contributed by atoms with Gasteiger partial charge in [-0.15, -0.1) is 0 Å². The second-order valence-electron chi connectivity index (χ2n) is 5.94. The zero-order chi connectivity index (χ0) is 19.0. The van der Waals surface area contributed by atoms with E-state index < -0.39 is 11.1 Å². The molecule has 3 heterocycles. The van der Waals surface area contributed by atoms with E-state index >= 15 is 0 Å². The molecule has 0 atom stereocenters. The normalized spacial score (nSPS) is 11.4. The molecule has 0 spiro atoms. The summed E-state index contributed by atoms with van der Waals surface area (Å²) < 4.78 is 1.43. The molecule has 0 saturated carbocycles. The predicted octanol–water partition coefficient (Wildman–Crippen LogP) is 2.07. The van der Waals surface area contributed by atoms with Crippen molar-refractivity contribution in [3.8, 4) is 17.0 Å². The topological polar surface area (TPSA) is 116 Å². The van der Waals surface area contributed by atoms with E-state index in [0.717, 1.165) is 0 Å². The Balaban J connectivity index is 1.95. The van der Waals surface area contributed by atoms with E-state index in [1.54, 1.807) is 55.8 Å². The molecule has 0 fully saturated rings. The van der Waals surface area contributed by atoms with Gasteiger partial charge in [0.25, 0.3) is 11.1 Å². The minimum absolute atomic E-state index is 0.00530. The Bertz CT molecular complexity index is 1280. The highest BCUT2D eigenvalue weighted by Gasteiger charge is 2.21. The predicted molar refractivity (Wildman–Crippen MR) is 103 cm³/mol. The van der Waals surface area contributed by atoms with Gasteiger partial charge in [-0.3, -0.25) is 29.8 Å². The molecule has 0 aliphatic carbocycles. The summed E-state index contributed by atoms with van der Waals surface area (Å²) in [7, 11) is 1.61. The van der Waals surface area contributed by atoms with Crippen molar-refractivity contribution in [2.75, 3.05) is 0 Å². The highest BCUT2D eigenvalue weighted by Crippen LogP contribution is 2.32. The maximum atomic E-state index is 12.9. The molecule has 27 heavy (non-hydrogen) atoms. The van der Waals surface area contributed by atoms with Crippen molar-refractivity contribution in [2.45, 2.75) is 0 Å². The molecule has 0 radical (unpaired) electrons. The minimum atomic E-state index is -0.447. The van der Waals surface area contributed by atoms with Gasteiger partial charge in [-0.05, 0) is 24.3 Å². The van der Waals surface area contributed by atoms with Crippen LogP contribution in [0.5, 0.6) is 5.75 Å². The van der Waals surface area contributed by atoms with E-state index in [1.165, 1.54) is 10.8 Å². The van der Waals surface area contributed by atoms with Crippen LogP contribution >= 0.6 is 0 Å². The molecule has 1 aromatic carbocycles. The van der Waals surface area contributed by atoms with Crippen LogP contribution in [0.3, 0.4) is 0 Å². The lowest BCUT2D eigenvalue weighted by Gasteiger charge is -2.11. The van der Waals surface area contributed by atoms with Gasteiger partial charge in [0.05, 0.1) is 22.5 Å². The van der Waals surface area contributed by atoms with Crippen LogP contribution in [-0.2, 0) is 7.05 Å². The molecular formula is C19H15N5O3. The molecule has 3 N–H and O–H groups in total. The molecule has 8 nitrogen and oxygen atoms in total. The number of nitrogens with zero attached hydrogens (tertiary/aromatic N) is 3. The van der Waals surface area contributed by atoms with Gasteiger partial charge in [-0.25, -0.2) is 0 Å². The average Bonchev–Trinajstić information content (AvgIpc) is 3.06. The van der Waals surface area contributed by atoms with Gasteiger partial charge in [0.2, 0.25) is 0 Å². The van der Waals surface area contributed by atoms with Crippen LogP contribution in [0.4, 0.5) is 5.69 Å². The number of rotatable bonds is 3. The van der Waals surface area contributed by atoms with Crippen LogP contribution in [0.1, 0.15) is 5.56 Å². The van der Waals surface area contributed by atoms with E-state index in [4.69, 9.17) is 0 Å². The Morgan fingerprint density at radius 3 is 2.63 bits per heavy atom. The van der Waals surface area contributed by atoms with Gasteiger partial charge >= 0.3 is 0 Å². The molecule has 134 valence electrons. The monoisotopic (exact) mass is 361 g/mol. The van der Waals surface area contributed by atoms with Crippen molar-refractivity contribution in [1.29, 1.82) is 0 Å². The summed E-state index contributed by atoms with van der Waals surface area (Å²) in [4.78, 5) is 33.2. The van der Waals surface area contributed by atoms with E-state index in [1.807, 2.05) is 0 Å². The standard InChI is InChI=1S/C19H15N5O3/c1-24-14-5-3-2-4-12(14)17(25)15(19(24)27)16-13(18(26)23-22-16)10-21-11-6-8-20-9-7-11/h2-10,25H,1H3,(H2,22,23,26). The van der Waals surface area contributed by atoms with Crippen LogP contribution in [0.2, 0.25) is 0 Å². The Morgan fingerprint density at radius 1 is 1.11 bits per heavy atom. The zero-order valence-electron chi connectivity index (χ0n) is 14.3. The fourth-order valence-corrected chi connectivity index (χ4v) is 2.96. The largest absolute Gasteiger partial charge is 0.506 e. The summed E-state index contributed by atoms with van der Waals surface area (Å²) in [5.74, 6) is -0.192. The first-order valence-electron chi connectivity index (χ1n) is 8.13. The van der Waals surface area contributed by atoms with Crippen LogP contribution in [0, 0.1) is 0 Å². The van der Waals surface area contributed by atoms with Crippen molar-refractivity contribution in [1.82, 2.24) is 19.7 Å². The van der Waals surface area contributed by atoms with Crippen LogP contribution in [0.15, 0.2) is 63.4 Å². The van der Waals surface area contributed by atoms with Gasteiger partial charge in [0, 0.05) is 31.0 Å². The lowest BCUT2D eigenvalue weighted by atomic mass is 10.1. The number of hydrogen-bond acceptors (Lipinski definition) is 5. The van der Waals surface area contributed by atoms with E-state index in [0.29, 0.717) is 16.6 Å². The number of hydrogen-bond donors (Lipinski definition) is 3. The van der Waals surface area contributed by atoms with Crippen molar-refractivity contribution in [2.24, 2.45) is 12.0 Å². The number of aryl methyl sites for hydroxylation is 1. The molecule has 0 unspecified atom stereocenters. The van der Waals surface area contributed by atoms with Gasteiger partial charge in [-0.1, -0.05) is 12.1 Å². The third-order valence-corrected chi connectivity index (χ3v) is 4.35. The van der Waals surface area contributed by atoms with Crippen molar-refractivity contribution >= 4 is 22.8 Å². The average molecular weight is 361 g/mol. The maximum Gasteiger partial charge on any atom is 0.273 e. The molecule has 0 aliphatic rings. The first kappa shape index (κ1) is 16.5. The quantitative estimate of drug-likeness (QED) is 0.484. The third kappa shape index (κ3) is 2.73. The summed E-state index contributed by atoms with van der Waals surface area (Å²) in [6, 6.07) is 10.4. The Hall–Kier alpha value is -3.94. The second kappa shape index (κ2) is 6.41. The van der Waals surface area contributed by atoms with E-state index in [9.17, 15) is 14.7 Å². The molecule has 8 heteroatoms. The number of pyridine rings is 2. The lowest BCUT2D eigenvalue weighted by molar-refractivity contribution is 0.481. The number of nitrogens with one attached hydrogen (secondary N) is 2. The van der Waals surface area contributed by atoms with Crippen LogP contribution in [0.25, 0.3) is 22.2 Å². The second-order valence-corrected chi connectivity index (χ2v) is 5.94. The maximum absolute atomic E-state index is 12.9. The fraction of sp³-hybridized carbons (Fsp3) is 0.0526. The number of aromatic hydroxyl groups is 1. The summed E-state index contributed by atoms with van der Waals surface area (Å²) in [6.45, 7) is 0. The van der Waals surface area contributed by atoms with Crippen molar-refractivity contribution in [3.05, 3.63) is 75.1 Å². The van der Waals surface area contributed by atoms with E-state index in [2.05, 4.69) is 20.2 Å². The zero-order valence-corrected chi connectivity index (χ0v) is 14.3. The van der Waals surface area contributed by atoms with Crippen molar-refractivity contribution in [3.63, 3.8) is 0 Å². The summed E-state index contributed by atoms with van der Waals surface area (Å²) in [6.07, 6.45) is 4.52. The highest BCUT2D eigenvalue weighted by atomic mass is 16.3. The number of aliphatic imine (C=N–C) groups is 1. The molecule has 0 amide bonds. The van der Waals surface area contributed by atoms with Gasteiger partial charge in [-0.2, -0.15) is 0 Å². The summed E-state index contributed by atoms with van der Waals surface area (Å²) >= 11 is 0. The number of para-hydroxylation sites is 1. The SMILES string of the molecule is Cn1c(=O)c(-c2[nH][nH]c(=O)c2C=Nc2ccncc2)c(O)c2ccccc21. The Labute approximate surface area is 152 Å². The lowest BCUT2D eigenvalue weighted by Crippen LogP contribution is -2.20. The van der Waals surface area contributed by atoms with Crippen molar-refractivity contribution < 1.29 is 5.11 Å². The first-order chi connectivity index (χ1) is 13.1. The molecule has 4 rings (SSSR count). The molecule has 3 aromatic heterocycles. The third-order valence-electron chi connectivity index (χ3n) is 4.35. The number of benzene rings is 1. The van der Waals surface area contributed by atoms with Gasteiger partial charge in [0.15, 0.2) is 0 Å². The molecule has 4 aromatic rings. The van der Waals surface area contributed by atoms with Crippen LogP contribution in [-0.4, -0.2) is 31.1 Å². The fourth-order valence-electron chi connectivity index (χ4n) is 2.96. The smallest absolute Gasteiger partial charge is 0.273 e. The number of aromatic nitrogens is 4. The number of aromatic amines is 2. The molecule has 0 bridgehead atoms. The highest BCUT2D eigenvalue weighted by molar-refractivity contribution is 5.96. The number of H-pyrrole nitrogens is 2. The molecule has 0 aliphatic heterocycles. The minimum Gasteiger partial charge on any atom is -0.506 e. The Morgan fingerprint density at radius 2 is 1.85 bits per heavy atom. The summed E-state index contributed by atoms with van der Waals surface area (Å²) in [5, 5.41) is 16.4. The first-order valence-corrected chi connectivity index (χ1v) is 8.13. The summed E-state index contributed by atoms with van der Waals surface area (Å²) in [5.41, 5.74) is 0.653. The molecule has 0 saturated heterocycles.